The number of carbonyl (C=O) groups is 1. The quantitative estimate of drug-likeness (QED) is 0.462. The third-order valence-electron chi connectivity index (χ3n) is 1.56. The molecule has 0 saturated heterocycles. The van der Waals surface area contributed by atoms with E-state index in [1.165, 1.54) is 0 Å². The molecular weight excluding hydrogens is 198 g/mol. The second kappa shape index (κ2) is 7.55. The van der Waals surface area contributed by atoms with Gasteiger partial charge in [0.25, 0.3) is 0 Å². The lowest BCUT2D eigenvalue weighted by Gasteiger charge is -2.09. The fraction of sp³-hybridized carbons (Fsp3) is 0.778. The van der Waals surface area contributed by atoms with Gasteiger partial charge in [-0.05, 0) is 33.1 Å². The Morgan fingerprint density at radius 2 is 2.07 bits per heavy atom. The Bertz CT molecular complexity index is 194. The number of rotatable bonds is 6. The zero-order valence-electron chi connectivity index (χ0n) is 8.80. The summed E-state index contributed by atoms with van der Waals surface area (Å²) >= 11 is 4.73. The lowest BCUT2D eigenvalue weighted by molar-refractivity contribution is 0.238. The van der Waals surface area contributed by atoms with Crippen LogP contribution < -0.4 is 16.4 Å². The summed E-state index contributed by atoms with van der Waals surface area (Å²) in [6.07, 6.45) is 2.59. The summed E-state index contributed by atoms with van der Waals surface area (Å²) in [5.74, 6) is 0. The van der Waals surface area contributed by atoms with Crippen molar-refractivity contribution in [3.8, 4) is 0 Å². The maximum atomic E-state index is 11.1. The minimum absolute atomic E-state index is 0.115. The Morgan fingerprint density at radius 3 is 2.57 bits per heavy atom. The van der Waals surface area contributed by atoms with E-state index in [1.807, 2.05) is 13.8 Å². The van der Waals surface area contributed by atoms with Crippen LogP contribution in [0.15, 0.2) is 0 Å². The molecule has 0 bridgehead atoms. The van der Waals surface area contributed by atoms with Crippen molar-refractivity contribution in [1.29, 1.82) is 0 Å². The predicted octanol–water partition coefficient (Wildman–Crippen LogP) is 1.15. The summed E-state index contributed by atoms with van der Waals surface area (Å²) in [7, 11) is 0. The predicted molar refractivity (Wildman–Crippen MR) is 62.3 cm³/mol. The number of urea groups is 1. The van der Waals surface area contributed by atoms with Crippen LogP contribution in [-0.2, 0) is 0 Å². The van der Waals surface area contributed by atoms with Crippen molar-refractivity contribution in [2.45, 2.75) is 39.2 Å². The molecule has 0 aliphatic rings. The van der Waals surface area contributed by atoms with Crippen molar-refractivity contribution in [3.05, 3.63) is 0 Å². The lowest BCUT2D eigenvalue weighted by Crippen LogP contribution is -2.39. The van der Waals surface area contributed by atoms with E-state index < -0.39 is 0 Å². The van der Waals surface area contributed by atoms with E-state index in [2.05, 4.69) is 10.6 Å². The number of nitrogens with two attached hydrogens (primary N) is 1. The summed E-state index contributed by atoms with van der Waals surface area (Å²) < 4.78 is 0. The van der Waals surface area contributed by atoms with Crippen LogP contribution in [0, 0.1) is 0 Å². The van der Waals surface area contributed by atoms with Gasteiger partial charge in [-0.3, -0.25) is 0 Å². The van der Waals surface area contributed by atoms with Crippen LogP contribution in [0.1, 0.15) is 33.1 Å². The number of nitrogens with one attached hydrogen (secondary N) is 2. The minimum Gasteiger partial charge on any atom is -0.393 e. The highest BCUT2D eigenvalue weighted by Gasteiger charge is 2.00. The van der Waals surface area contributed by atoms with E-state index in [0.717, 1.165) is 19.3 Å². The fourth-order valence-corrected chi connectivity index (χ4v) is 1.08. The van der Waals surface area contributed by atoms with Gasteiger partial charge in [0.05, 0.1) is 4.99 Å². The Kier molecular flexibility index (Phi) is 7.10. The average molecular weight is 217 g/mol. The van der Waals surface area contributed by atoms with E-state index in [9.17, 15) is 4.79 Å². The maximum Gasteiger partial charge on any atom is 0.314 e. The minimum atomic E-state index is -0.115. The van der Waals surface area contributed by atoms with Gasteiger partial charge in [0.15, 0.2) is 0 Å². The molecule has 14 heavy (non-hydrogen) atoms. The third-order valence-corrected chi connectivity index (χ3v) is 1.76. The van der Waals surface area contributed by atoms with Crippen LogP contribution in [0.2, 0.25) is 0 Å². The number of hydrogen-bond donors (Lipinski definition) is 3. The Morgan fingerprint density at radius 1 is 1.43 bits per heavy atom. The summed E-state index contributed by atoms with van der Waals surface area (Å²) in [6.45, 7) is 4.51. The van der Waals surface area contributed by atoms with Gasteiger partial charge in [-0.1, -0.05) is 12.2 Å². The van der Waals surface area contributed by atoms with Crippen molar-refractivity contribution in [2.75, 3.05) is 6.54 Å². The summed E-state index contributed by atoms with van der Waals surface area (Å²) in [6, 6.07) is 0.0574. The number of unbranched alkanes of at least 4 members (excludes halogenated alkanes) is 1. The largest absolute Gasteiger partial charge is 0.393 e. The molecule has 0 heterocycles. The number of carbonyl (C=O) groups excluding carboxylic acids is 1. The van der Waals surface area contributed by atoms with Gasteiger partial charge in [0.2, 0.25) is 0 Å². The van der Waals surface area contributed by atoms with Gasteiger partial charge in [-0.25, -0.2) is 4.79 Å². The first-order valence-corrected chi connectivity index (χ1v) is 5.26. The molecule has 0 unspecified atom stereocenters. The first kappa shape index (κ1) is 13.2. The van der Waals surface area contributed by atoms with E-state index >= 15 is 0 Å². The molecule has 5 heteroatoms. The van der Waals surface area contributed by atoms with Gasteiger partial charge in [0.1, 0.15) is 0 Å². The smallest absolute Gasteiger partial charge is 0.314 e. The maximum absolute atomic E-state index is 11.1. The SMILES string of the molecule is CC(C)NC(=O)NCCCCC(N)=S. The number of hydrogen-bond acceptors (Lipinski definition) is 2. The first-order valence-electron chi connectivity index (χ1n) is 4.85. The molecule has 0 aromatic heterocycles. The summed E-state index contributed by atoms with van der Waals surface area (Å²) in [5.41, 5.74) is 5.33. The highest BCUT2D eigenvalue weighted by Crippen LogP contribution is 1.93. The fourth-order valence-electron chi connectivity index (χ4n) is 0.939. The third kappa shape index (κ3) is 9.25. The monoisotopic (exact) mass is 217 g/mol. The number of thiocarbonyl (C=S) groups is 1. The topological polar surface area (TPSA) is 67.2 Å². The van der Waals surface area contributed by atoms with Crippen LogP contribution in [0.4, 0.5) is 4.79 Å². The van der Waals surface area contributed by atoms with Crippen LogP contribution in [-0.4, -0.2) is 23.6 Å². The van der Waals surface area contributed by atoms with Gasteiger partial charge in [-0.2, -0.15) is 0 Å². The lowest BCUT2D eigenvalue weighted by atomic mass is 10.2. The molecule has 2 amide bonds. The van der Waals surface area contributed by atoms with E-state index in [-0.39, 0.29) is 12.1 Å². The molecule has 0 aliphatic heterocycles. The van der Waals surface area contributed by atoms with Crippen LogP contribution >= 0.6 is 12.2 Å². The molecular formula is C9H19N3OS. The Labute approximate surface area is 90.6 Å². The van der Waals surface area contributed by atoms with Gasteiger partial charge in [0, 0.05) is 12.6 Å². The number of amides is 2. The van der Waals surface area contributed by atoms with Crippen molar-refractivity contribution in [2.24, 2.45) is 5.73 Å². The molecule has 4 nitrogen and oxygen atoms in total. The van der Waals surface area contributed by atoms with E-state index in [1.54, 1.807) is 0 Å². The molecule has 0 spiro atoms. The molecule has 0 fully saturated rings. The van der Waals surface area contributed by atoms with Crippen LogP contribution in [0.3, 0.4) is 0 Å². The van der Waals surface area contributed by atoms with Gasteiger partial charge in [-0.15, -0.1) is 0 Å². The molecule has 0 radical (unpaired) electrons. The molecule has 82 valence electrons. The molecule has 0 atom stereocenters. The van der Waals surface area contributed by atoms with Crippen LogP contribution in [0.25, 0.3) is 0 Å². The summed E-state index contributed by atoms with van der Waals surface area (Å²) in [4.78, 5) is 11.6. The molecule has 0 rings (SSSR count). The highest BCUT2D eigenvalue weighted by molar-refractivity contribution is 7.80. The van der Waals surface area contributed by atoms with E-state index in [0.29, 0.717) is 11.5 Å². The molecule has 0 aliphatic carbocycles. The van der Waals surface area contributed by atoms with E-state index in [4.69, 9.17) is 18.0 Å². The Hall–Kier alpha value is -0.840. The average Bonchev–Trinajstić information content (AvgIpc) is 2.01. The molecule has 0 aromatic carbocycles. The standard InChI is InChI=1S/C9H19N3OS/c1-7(2)12-9(13)11-6-4-3-5-8(10)14/h7H,3-6H2,1-2H3,(H2,10,14)(H2,11,12,13). The zero-order chi connectivity index (χ0) is 11.0. The Balaban J connectivity index is 3.27. The van der Waals surface area contributed by atoms with Crippen molar-refractivity contribution in [3.63, 3.8) is 0 Å². The van der Waals surface area contributed by atoms with Crippen molar-refractivity contribution < 1.29 is 4.79 Å². The van der Waals surface area contributed by atoms with Crippen molar-refractivity contribution >= 4 is 23.2 Å². The normalized spacial score (nSPS) is 9.93. The molecule has 4 N–H and O–H groups in total. The second-order valence-corrected chi connectivity index (χ2v) is 4.00. The first-order chi connectivity index (χ1) is 6.52. The second-order valence-electron chi connectivity index (χ2n) is 3.48. The van der Waals surface area contributed by atoms with Crippen LogP contribution in [0.5, 0.6) is 0 Å². The molecule has 0 saturated carbocycles. The molecule has 0 aromatic rings. The van der Waals surface area contributed by atoms with Gasteiger partial charge < -0.3 is 16.4 Å². The summed E-state index contributed by atoms with van der Waals surface area (Å²) in [5, 5.41) is 5.50. The van der Waals surface area contributed by atoms with Crippen molar-refractivity contribution in [1.82, 2.24) is 10.6 Å². The zero-order valence-corrected chi connectivity index (χ0v) is 9.62. The van der Waals surface area contributed by atoms with Gasteiger partial charge >= 0.3 is 6.03 Å². The highest BCUT2D eigenvalue weighted by atomic mass is 32.1.